The molecule has 1 N–H and O–H groups in total. The number of aryl methyl sites for hydroxylation is 1. The van der Waals surface area contributed by atoms with Gasteiger partial charge in [-0.1, -0.05) is 93.6 Å². The topological polar surface area (TPSA) is 21.3 Å². The molecule has 0 aliphatic carbocycles. The Bertz CT molecular complexity index is 887. The predicted molar refractivity (Wildman–Crippen MR) is 125 cm³/mol. The second-order valence-electron chi connectivity index (χ2n) is 7.92. The quantitative estimate of drug-likeness (QED) is 0.331. The summed E-state index contributed by atoms with van der Waals surface area (Å²) in [6.45, 7) is 6.92. The summed E-state index contributed by atoms with van der Waals surface area (Å²) in [5.41, 5.74) is 3.78. The molecule has 0 amide bonds. The molecule has 0 aliphatic rings. The molecule has 0 aromatic heterocycles. The van der Waals surface area contributed by atoms with Crippen molar-refractivity contribution in [2.45, 2.75) is 65.5 Å². The van der Waals surface area contributed by atoms with E-state index in [1.165, 1.54) is 66.0 Å². The maximum absolute atomic E-state index is 6.29. The molecule has 29 heavy (non-hydrogen) atoms. The van der Waals surface area contributed by atoms with Gasteiger partial charge in [0, 0.05) is 12.1 Å². The molecule has 0 saturated carbocycles. The third-order valence-corrected chi connectivity index (χ3v) is 5.65. The monoisotopic (exact) mass is 389 g/mol. The minimum atomic E-state index is 0.607. The van der Waals surface area contributed by atoms with E-state index in [0.717, 1.165) is 18.8 Å². The van der Waals surface area contributed by atoms with E-state index < -0.39 is 0 Å². The van der Waals surface area contributed by atoms with Gasteiger partial charge in [-0.3, -0.25) is 0 Å². The fourth-order valence-corrected chi connectivity index (χ4v) is 3.80. The van der Waals surface area contributed by atoms with Crippen LogP contribution >= 0.6 is 0 Å². The number of rotatable bonds is 12. The van der Waals surface area contributed by atoms with Crippen LogP contribution in [-0.2, 0) is 13.2 Å². The molecule has 0 radical (unpaired) electrons. The number of hydrogen-bond donors (Lipinski definition) is 1. The predicted octanol–water partition coefficient (Wildman–Crippen LogP) is 7.18. The smallest absolute Gasteiger partial charge is 0.124 e. The Balaban J connectivity index is 1.64. The molecule has 0 atom stereocenters. The Hall–Kier alpha value is -2.32. The van der Waals surface area contributed by atoms with Crippen LogP contribution < -0.4 is 10.1 Å². The molecule has 0 fully saturated rings. The third-order valence-electron chi connectivity index (χ3n) is 5.65. The van der Waals surface area contributed by atoms with E-state index in [2.05, 4.69) is 79.8 Å². The van der Waals surface area contributed by atoms with Crippen LogP contribution in [0.5, 0.6) is 5.75 Å². The Labute approximate surface area is 176 Å². The minimum Gasteiger partial charge on any atom is -0.489 e. The largest absolute Gasteiger partial charge is 0.489 e. The van der Waals surface area contributed by atoms with Gasteiger partial charge in [-0.05, 0) is 47.9 Å². The normalized spacial score (nSPS) is 11.1. The van der Waals surface area contributed by atoms with Gasteiger partial charge < -0.3 is 10.1 Å². The van der Waals surface area contributed by atoms with E-state index in [9.17, 15) is 0 Å². The second kappa shape index (κ2) is 11.6. The van der Waals surface area contributed by atoms with Crippen molar-refractivity contribution >= 4 is 10.8 Å². The molecular weight excluding hydrogens is 354 g/mol. The Morgan fingerprint density at radius 3 is 2.41 bits per heavy atom. The summed E-state index contributed by atoms with van der Waals surface area (Å²) in [4.78, 5) is 0. The van der Waals surface area contributed by atoms with E-state index in [-0.39, 0.29) is 0 Å². The summed E-state index contributed by atoms with van der Waals surface area (Å²) in [7, 11) is 0. The highest BCUT2D eigenvalue weighted by Gasteiger charge is 2.09. The van der Waals surface area contributed by atoms with Crippen molar-refractivity contribution in [1.82, 2.24) is 5.32 Å². The molecule has 2 nitrogen and oxygen atoms in total. The summed E-state index contributed by atoms with van der Waals surface area (Å²) in [5.74, 6) is 0.988. The molecule has 3 aromatic rings. The lowest BCUT2D eigenvalue weighted by Crippen LogP contribution is -2.16. The zero-order valence-electron chi connectivity index (χ0n) is 18.0. The lowest BCUT2D eigenvalue weighted by molar-refractivity contribution is 0.302. The summed E-state index contributed by atoms with van der Waals surface area (Å²) >= 11 is 0. The molecule has 0 unspecified atom stereocenters. The first kappa shape index (κ1) is 21.4. The highest BCUT2D eigenvalue weighted by Crippen LogP contribution is 2.29. The lowest BCUT2D eigenvalue weighted by Gasteiger charge is -2.16. The van der Waals surface area contributed by atoms with Crippen molar-refractivity contribution in [3.05, 3.63) is 77.4 Å². The van der Waals surface area contributed by atoms with Gasteiger partial charge in [0.05, 0.1) is 0 Å². The molecule has 0 spiro atoms. The third kappa shape index (κ3) is 6.33. The summed E-state index contributed by atoms with van der Waals surface area (Å²) < 4.78 is 6.29. The Morgan fingerprint density at radius 2 is 1.55 bits per heavy atom. The minimum absolute atomic E-state index is 0.607. The van der Waals surface area contributed by atoms with E-state index in [4.69, 9.17) is 4.74 Å². The van der Waals surface area contributed by atoms with Crippen LogP contribution in [0.4, 0.5) is 0 Å². The van der Waals surface area contributed by atoms with Crippen LogP contribution in [0.3, 0.4) is 0 Å². The second-order valence-corrected chi connectivity index (χ2v) is 7.92. The van der Waals surface area contributed by atoms with E-state index in [1.807, 2.05) is 0 Å². The fraction of sp³-hybridized carbons (Fsp3) is 0.407. The van der Waals surface area contributed by atoms with Crippen molar-refractivity contribution in [2.24, 2.45) is 0 Å². The number of nitrogens with one attached hydrogen (secondary N) is 1. The summed E-state index contributed by atoms with van der Waals surface area (Å²) in [6, 6.07) is 21.3. The van der Waals surface area contributed by atoms with Crippen molar-refractivity contribution < 1.29 is 4.74 Å². The number of unbranched alkanes of at least 4 members (excludes halogenated alkanes) is 5. The van der Waals surface area contributed by atoms with Gasteiger partial charge in [0.1, 0.15) is 12.4 Å². The first-order valence-electron chi connectivity index (χ1n) is 11.2. The van der Waals surface area contributed by atoms with Crippen molar-refractivity contribution in [3.8, 4) is 5.75 Å². The highest BCUT2D eigenvalue weighted by molar-refractivity contribution is 5.87. The van der Waals surface area contributed by atoms with Crippen molar-refractivity contribution in [2.75, 3.05) is 6.54 Å². The molecule has 3 aromatic carbocycles. The van der Waals surface area contributed by atoms with Crippen LogP contribution in [0.25, 0.3) is 10.8 Å². The van der Waals surface area contributed by atoms with E-state index in [0.29, 0.717) is 6.61 Å². The van der Waals surface area contributed by atoms with Gasteiger partial charge in [0.2, 0.25) is 0 Å². The molecule has 2 heteroatoms. The Morgan fingerprint density at radius 1 is 0.793 bits per heavy atom. The van der Waals surface area contributed by atoms with Crippen molar-refractivity contribution in [1.29, 1.82) is 0 Å². The maximum atomic E-state index is 6.29. The van der Waals surface area contributed by atoms with E-state index >= 15 is 0 Å². The summed E-state index contributed by atoms with van der Waals surface area (Å²) in [5, 5.41) is 6.21. The van der Waals surface area contributed by atoms with Gasteiger partial charge >= 0.3 is 0 Å². The van der Waals surface area contributed by atoms with E-state index in [1.54, 1.807) is 0 Å². The van der Waals surface area contributed by atoms with Crippen molar-refractivity contribution in [3.63, 3.8) is 0 Å². The molecule has 0 bridgehead atoms. The average Bonchev–Trinajstić information content (AvgIpc) is 2.75. The fourth-order valence-electron chi connectivity index (χ4n) is 3.80. The zero-order valence-corrected chi connectivity index (χ0v) is 18.0. The highest BCUT2D eigenvalue weighted by atomic mass is 16.5. The number of ether oxygens (including phenoxy) is 1. The standard InChI is InChI=1S/C27H35NO/c1-3-4-5-6-7-12-19-28-20-26-25-16-11-10-14-23(25)17-18-27(26)29-21-24-15-9-8-13-22(24)2/h8-11,13-18,28H,3-7,12,19-21H2,1-2H3. The maximum Gasteiger partial charge on any atom is 0.124 e. The lowest BCUT2D eigenvalue weighted by atomic mass is 10.0. The SMILES string of the molecule is CCCCCCCCNCc1c(OCc2ccccc2C)ccc2ccccc12. The first-order valence-corrected chi connectivity index (χ1v) is 11.2. The van der Waals surface area contributed by atoms with Gasteiger partial charge in [-0.2, -0.15) is 0 Å². The molecule has 0 saturated heterocycles. The first-order chi connectivity index (χ1) is 14.3. The number of hydrogen-bond acceptors (Lipinski definition) is 2. The van der Waals surface area contributed by atoms with Crippen LogP contribution in [0.15, 0.2) is 60.7 Å². The van der Waals surface area contributed by atoms with Crippen LogP contribution in [0.2, 0.25) is 0 Å². The average molecular weight is 390 g/mol. The zero-order chi connectivity index (χ0) is 20.3. The molecule has 0 heterocycles. The van der Waals surface area contributed by atoms with Gasteiger partial charge in [0.15, 0.2) is 0 Å². The van der Waals surface area contributed by atoms with Gasteiger partial charge in [-0.25, -0.2) is 0 Å². The molecule has 0 aliphatic heterocycles. The van der Waals surface area contributed by atoms with Crippen LogP contribution in [-0.4, -0.2) is 6.54 Å². The molecular formula is C27H35NO. The molecule has 154 valence electrons. The van der Waals surface area contributed by atoms with Gasteiger partial charge in [-0.15, -0.1) is 0 Å². The van der Waals surface area contributed by atoms with Crippen LogP contribution in [0.1, 0.15) is 62.1 Å². The molecule has 3 rings (SSSR count). The summed E-state index contributed by atoms with van der Waals surface area (Å²) in [6.07, 6.45) is 7.97. The van der Waals surface area contributed by atoms with Crippen LogP contribution in [0, 0.1) is 6.92 Å². The Kier molecular flexibility index (Phi) is 8.58. The number of fused-ring (bicyclic) bond motifs is 1. The number of benzene rings is 3. The van der Waals surface area contributed by atoms with Gasteiger partial charge in [0.25, 0.3) is 0 Å².